The van der Waals surface area contributed by atoms with Crippen molar-refractivity contribution in [2.24, 2.45) is 0 Å². The van der Waals surface area contributed by atoms with Gasteiger partial charge in [0.1, 0.15) is 11.6 Å². The van der Waals surface area contributed by atoms with Crippen LogP contribution in [0.25, 0.3) is 0 Å². The monoisotopic (exact) mass is 411 g/mol. The number of rotatable bonds is 4. The summed E-state index contributed by atoms with van der Waals surface area (Å²) in [6, 6.07) is 15.2. The first-order valence-electron chi connectivity index (χ1n) is 9.25. The van der Waals surface area contributed by atoms with Crippen molar-refractivity contribution in [3.05, 3.63) is 77.2 Å². The van der Waals surface area contributed by atoms with Gasteiger partial charge in [-0.15, -0.1) is 0 Å². The molecule has 0 bridgehead atoms. The lowest BCUT2D eigenvalue weighted by Gasteiger charge is -2.35. The fourth-order valence-corrected chi connectivity index (χ4v) is 3.40. The molecule has 1 saturated heterocycles. The zero-order valence-electron chi connectivity index (χ0n) is 15.6. The Morgan fingerprint density at radius 1 is 1.00 bits per heavy atom. The number of carbonyl (C=O) groups excluding carboxylic acids is 1. The largest absolute Gasteiger partial charge is 0.338 e. The zero-order chi connectivity index (χ0) is 20.2. The van der Waals surface area contributed by atoms with Gasteiger partial charge in [0, 0.05) is 32.4 Å². The number of halogens is 2. The molecular formula is C21H19ClFN5O. The minimum absolute atomic E-state index is 0.0776. The highest BCUT2D eigenvalue weighted by Crippen LogP contribution is 2.21. The second-order valence-electron chi connectivity index (χ2n) is 6.61. The van der Waals surface area contributed by atoms with Gasteiger partial charge in [-0.1, -0.05) is 35.9 Å². The number of aromatic nitrogens is 2. The fraction of sp³-hybridized carbons (Fsp3) is 0.190. The number of piperazine rings is 1. The minimum Gasteiger partial charge on any atom is -0.338 e. The zero-order valence-corrected chi connectivity index (χ0v) is 16.3. The van der Waals surface area contributed by atoms with Crippen LogP contribution in [0, 0.1) is 5.82 Å². The Morgan fingerprint density at radius 3 is 2.48 bits per heavy atom. The number of anilines is 3. The summed E-state index contributed by atoms with van der Waals surface area (Å²) in [4.78, 5) is 25.3. The van der Waals surface area contributed by atoms with E-state index in [-0.39, 0.29) is 11.7 Å². The first-order chi connectivity index (χ1) is 14.1. The molecule has 1 fully saturated rings. The number of hydrogen-bond acceptors (Lipinski definition) is 5. The van der Waals surface area contributed by atoms with Crippen LogP contribution in [0.15, 0.2) is 60.8 Å². The van der Waals surface area contributed by atoms with E-state index in [1.165, 1.54) is 6.07 Å². The first-order valence-corrected chi connectivity index (χ1v) is 9.63. The summed E-state index contributed by atoms with van der Waals surface area (Å²) in [5.41, 5.74) is 0.863. The second kappa shape index (κ2) is 8.45. The van der Waals surface area contributed by atoms with Crippen molar-refractivity contribution in [1.29, 1.82) is 0 Å². The summed E-state index contributed by atoms with van der Waals surface area (Å²) in [6.45, 7) is 2.27. The molecule has 1 aliphatic heterocycles. The van der Waals surface area contributed by atoms with Gasteiger partial charge in [0.2, 0.25) is 5.95 Å². The van der Waals surface area contributed by atoms with E-state index in [1.54, 1.807) is 59.6 Å². The summed E-state index contributed by atoms with van der Waals surface area (Å²) >= 11 is 6.15. The molecule has 1 aliphatic rings. The Bertz CT molecular complexity index is 1020. The molecule has 6 nitrogen and oxygen atoms in total. The molecule has 0 radical (unpaired) electrons. The fourth-order valence-electron chi connectivity index (χ4n) is 3.19. The number of carbonyl (C=O) groups is 1. The van der Waals surface area contributed by atoms with Gasteiger partial charge in [-0.05, 0) is 30.3 Å². The van der Waals surface area contributed by atoms with Crippen molar-refractivity contribution in [2.45, 2.75) is 0 Å². The Kier molecular flexibility index (Phi) is 5.57. The van der Waals surface area contributed by atoms with Crippen LogP contribution in [-0.2, 0) is 0 Å². The topological polar surface area (TPSA) is 61.4 Å². The number of para-hydroxylation sites is 1. The van der Waals surface area contributed by atoms with Crippen LogP contribution >= 0.6 is 11.6 Å². The molecule has 148 valence electrons. The Hall–Kier alpha value is -3.19. The van der Waals surface area contributed by atoms with Crippen molar-refractivity contribution in [3.8, 4) is 0 Å². The molecule has 0 atom stereocenters. The maximum atomic E-state index is 13.9. The second-order valence-corrected chi connectivity index (χ2v) is 7.01. The predicted molar refractivity (Wildman–Crippen MR) is 111 cm³/mol. The maximum Gasteiger partial charge on any atom is 0.255 e. The summed E-state index contributed by atoms with van der Waals surface area (Å²) in [6.07, 6.45) is 1.63. The first kappa shape index (κ1) is 19.1. The molecule has 0 saturated carbocycles. The van der Waals surface area contributed by atoms with E-state index in [0.717, 1.165) is 0 Å². The van der Waals surface area contributed by atoms with Gasteiger partial charge >= 0.3 is 0 Å². The summed E-state index contributed by atoms with van der Waals surface area (Å²) in [5.74, 6) is 0.622. The molecule has 0 aliphatic carbocycles. The molecule has 1 aromatic heterocycles. The van der Waals surface area contributed by atoms with Crippen molar-refractivity contribution in [1.82, 2.24) is 14.9 Å². The van der Waals surface area contributed by atoms with Crippen LogP contribution in [-0.4, -0.2) is 47.0 Å². The highest BCUT2D eigenvalue weighted by Gasteiger charge is 2.24. The number of nitrogens with zero attached hydrogens (tertiary/aromatic N) is 4. The maximum absolute atomic E-state index is 13.9. The normalized spacial score (nSPS) is 14.0. The third-order valence-corrected chi connectivity index (χ3v) is 5.06. The van der Waals surface area contributed by atoms with Gasteiger partial charge in [0.25, 0.3) is 5.91 Å². The van der Waals surface area contributed by atoms with E-state index >= 15 is 0 Å². The third-order valence-electron chi connectivity index (χ3n) is 4.73. The van der Waals surface area contributed by atoms with Gasteiger partial charge in [0.15, 0.2) is 0 Å². The number of benzene rings is 2. The standard InChI is InChI=1S/C21H19ClFN5O/c22-16-6-2-1-5-15(16)20(29)27-11-13-28(14-12-27)21-24-10-9-19(26-21)25-18-8-4-3-7-17(18)23/h1-10H,11-14H2,(H,24,25,26). The van der Waals surface area contributed by atoms with E-state index in [1.807, 2.05) is 4.90 Å². The molecule has 4 rings (SSSR count). The van der Waals surface area contributed by atoms with Crippen LogP contribution in [0.3, 0.4) is 0 Å². The highest BCUT2D eigenvalue weighted by atomic mass is 35.5. The highest BCUT2D eigenvalue weighted by molar-refractivity contribution is 6.33. The molecule has 1 N–H and O–H groups in total. The van der Waals surface area contributed by atoms with Crippen LogP contribution in [0.2, 0.25) is 5.02 Å². The van der Waals surface area contributed by atoms with Gasteiger partial charge in [-0.2, -0.15) is 4.98 Å². The molecule has 8 heteroatoms. The Labute approximate surface area is 173 Å². The van der Waals surface area contributed by atoms with Crippen molar-refractivity contribution < 1.29 is 9.18 Å². The predicted octanol–water partition coefficient (Wildman–Crippen LogP) is 3.98. The Morgan fingerprint density at radius 2 is 1.72 bits per heavy atom. The average molecular weight is 412 g/mol. The Balaban J connectivity index is 1.42. The number of hydrogen-bond donors (Lipinski definition) is 1. The van der Waals surface area contributed by atoms with E-state index < -0.39 is 0 Å². The number of amides is 1. The van der Waals surface area contributed by atoms with Crippen LogP contribution < -0.4 is 10.2 Å². The minimum atomic E-state index is -0.348. The van der Waals surface area contributed by atoms with Gasteiger partial charge in [-0.3, -0.25) is 4.79 Å². The van der Waals surface area contributed by atoms with Crippen molar-refractivity contribution in [2.75, 3.05) is 36.4 Å². The molecule has 1 amide bonds. The summed E-state index contributed by atoms with van der Waals surface area (Å²) in [7, 11) is 0. The van der Waals surface area contributed by atoms with Gasteiger partial charge in [-0.25, -0.2) is 9.37 Å². The molecule has 2 aromatic carbocycles. The molecule has 3 aromatic rings. The summed E-state index contributed by atoms with van der Waals surface area (Å²) < 4.78 is 13.9. The van der Waals surface area contributed by atoms with Crippen molar-refractivity contribution >= 4 is 35.0 Å². The lowest BCUT2D eigenvalue weighted by atomic mass is 10.2. The average Bonchev–Trinajstić information content (AvgIpc) is 2.76. The van der Waals surface area contributed by atoms with E-state index in [2.05, 4.69) is 15.3 Å². The molecule has 0 unspecified atom stereocenters. The van der Waals surface area contributed by atoms with E-state index in [4.69, 9.17) is 11.6 Å². The molecule has 0 spiro atoms. The molecular weight excluding hydrogens is 393 g/mol. The quantitative estimate of drug-likeness (QED) is 0.703. The van der Waals surface area contributed by atoms with Gasteiger partial charge < -0.3 is 15.1 Å². The molecule has 2 heterocycles. The lowest BCUT2D eigenvalue weighted by Crippen LogP contribution is -2.49. The summed E-state index contributed by atoms with van der Waals surface area (Å²) in [5, 5.41) is 3.43. The van der Waals surface area contributed by atoms with Crippen LogP contribution in [0.1, 0.15) is 10.4 Å². The smallest absolute Gasteiger partial charge is 0.255 e. The number of nitrogens with one attached hydrogen (secondary N) is 1. The third kappa shape index (κ3) is 4.30. The van der Waals surface area contributed by atoms with E-state index in [0.29, 0.717) is 54.2 Å². The lowest BCUT2D eigenvalue weighted by molar-refractivity contribution is 0.0746. The molecule has 29 heavy (non-hydrogen) atoms. The SMILES string of the molecule is O=C(c1ccccc1Cl)N1CCN(c2nccc(Nc3ccccc3F)n2)CC1. The van der Waals surface area contributed by atoms with Gasteiger partial charge in [0.05, 0.1) is 16.3 Å². The van der Waals surface area contributed by atoms with Crippen molar-refractivity contribution in [3.63, 3.8) is 0 Å². The van der Waals surface area contributed by atoms with Crippen LogP contribution in [0.5, 0.6) is 0 Å². The van der Waals surface area contributed by atoms with Crippen LogP contribution in [0.4, 0.5) is 21.8 Å². The van der Waals surface area contributed by atoms with E-state index in [9.17, 15) is 9.18 Å².